The number of nitrogens with zero attached hydrogens (tertiary/aromatic N) is 2. The van der Waals surface area contributed by atoms with Gasteiger partial charge in [-0.1, -0.05) is 57.2 Å². The smallest absolute Gasteiger partial charge is 0.292 e. The van der Waals surface area contributed by atoms with E-state index in [1.807, 2.05) is 50.9 Å². The molecule has 1 amide bonds. The summed E-state index contributed by atoms with van der Waals surface area (Å²) in [5, 5.41) is 0. The van der Waals surface area contributed by atoms with Gasteiger partial charge in [-0.3, -0.25) is 4.79 Å². The average Bonchev–Trinajstić information content (AvgIpc) is 2.79. The lowest BCUT2D eigenvalue weighted by Gasteiger charge is -2.32. The van der Waals surface area contributed by atoms with Crippen LogP contribution in [0.1, 0.15) is 59.1 Å². The molecule has 0 N–H and O–H groups in total. The van der Waals surface area contributed by atoms with Crippen molar-refractivity contribution in [2.45, 2.75) is 60.9 Å². The van der Waals surface area contributed by atoms with Gasteiger partial charge in [-0.05, 0) is 80.0 Å². The summed E-state index contributed by atoms with van der Waals surface area (Å²) in [7, 11) is 0. The van der Waals surface area contributed by atoms with Crippen LogP contribution in [0.4, 0.5) is 4.39 Å². The molecule has 3 rings (SSSR count). The number of hydrogen-bond acceptors (Lipinski definition) is 2. The van der Waals surface area contributed by atoms with E-state index in [2.05, 4.69) is 36.2 Å². The van der Waals surface area contributed by atoms with Crippen LogP contribution in [0.3, 0.4) is 0 Å². The van der Waals surface area contributed by atoms with Gasteiger partial charge < -0.3 is 4.90 Å². The van der Waals surface area contributed by atoms with E-state index in [0.29, 0.717) is 17.2 Å². The molecule has 1 aliphatic carbocycles. The number of allylic oxidation sites excluding steroid dienone is 7. The Hall–Kier alpha value is -3.01. The van der Waals surface area contributed by atoms with Crippen molar-refractivity contribution in [2.24, 2.45) is 10.9 Å². The molecule has 0 spiro atoms. The molecule has 2 unspecified atom stereocenters. The Morgan fingerprint density at radius 3 is 2.50 bits per heavy atom. The van der Waals surface area contributed by atoms with Crippen LogP contribution in [-0.2, 0) is 4.79 Å². The lowest BCUT2D eigenvalue weighted by Crippen LogP contribution is -2.31. The number of carbonyl (C=O) groups excluding carboxylic acids is 1. The second-order valence-corrected chi connectivity index (χ2v) is 7.85. The normalized spacial score (nSPS) is 20.9. The maximum absolute atomic E-state index is 13.8. The summed E-state index contributed by atoms with van der Waals surface area (Å²) in [4.78, 5) is 18.4. The van der Waals surface area contributed by atoms with Crippen molar-refractivity contribution in [3.05, 3.63) is 88.6 Å². The van der Waals surface area contributed by atoms with Crippen LogP contribution in [0.2, 0.25) is 0 Å². The van der Waals surface area contributed by atoms with Crippen molar-refractivity contribution < 1.29 is 9.18 Å². The van der Waals surface area contributed by atoms with Gasteiger partial charge in [-0.2, -0.15) is 0 Å². The van der Waals surface area contributed by atoms with Gasteiger partial charge in [0, 0.05) is 18.5 Å². The zero-order chi connectivity index (χ0) is 23.8. The third-order valence-electron chi connectivity index (χ3n) is 5.55. The molecule has 1 aromatic carbocycles. The molecule has 32 heavy (non-hydrogen) atoms. The Kier molecular flexibility index (Phi) is 9.13. The Morgan fingerprint density at radius 2 is 1.88 bits per heavy atom. The van der Waals surface area contributed by atoms with Crippen molar-refractivity contribution >= 4 is 17.7 Å². The Morgan fingerprint density at radius 1 is 1.16 bits per heavy atom. The first kappa shape index (κ1) is 25.3. The number of amides is 1. The van der Waals surface area contributed by atoms with Crippen molar-refractivity contribution in [3.8, 4) is 0 Å². The zero-order valence-corrected chi connectivity index (χ0v) is 20.3. The van der Waals surface area contributed by atoms with Crippen LogP contribution < -0.4 is 0 Å². The third kappa shape index (κ3) is 5.61. The highest BCUT2D eigenvalue weighted by Gasteiger charge is 2.24. The number of aliphatic imine (C=N–C) groups is 1. The molecular weight excluding hydrogens is 399 g/mol. The van der Waals surface area contributed by atoms with E-state index in [1.165, 1.54) is 17.9 Å². The summed E-state index contributed by atoms with van der Waals surface area (Å²) >= 11 is 0. The van der Waals surface area contributed by atoms with E-state index < -0.39 is 0 Å². The van der Waals surface area contributed by atoms with Crippen LogP contribution in [0.5, 0.6) is 0 Å². The Balaban J connectivity index is 0.00000176. The van der Waals surface area contributed by atoms with E-state index in [4.69, 9.17) is 0 Å². The molecule has 1 aromatic rings. The first-order chi connectivity index (χ1) is 15.3. The van der Waals surface area contributed by atoms with Gasteiger partial charge in [-0.15, -0.1) is 0 Å². The molecule has 2 aliphatic rings. The predicted molar refractivity (Wildman–Crippen MR) is 134 cm³/mol. The molecule has 0 saturated carbocycles. The number of aryl methyl sites for hydroxylation is 1. The minimum absolute atomic E-state index is 0.0413. The van der Waals surface area contributed by atoms with Crippen LogP contribution in [-0.4, -0.2) is 23.1 Å². The highest BCUT2D eigenvalue weighted by Crippen LogP contribution is 2.37. The molecule has 170 valence electrons. The lowest BCUT2D eigenvalue weighted by molar-refractivity contribution is -0.115. The average molecular weight is 435 g/mol. The van der Waals surface area contributed by atoms with Gasteiger partial charge in [-0.25, -0.2) is 9.38 Å². The van der Waals surface area contributed by atoms with Crippen molar-refractivity contribution in [3.63, 3.8) is 0 Å². The van der Waals surface area contributed by atoms with Crippen LogP contribution in [0.25, 0.3) is 5.57 Å². The third-order valence-corrected chi connectivity index (χ3v) is 5.55. The molecule has 1 aliphatic heterocycles. The number of hydrogen-bond donors (Lipinski definition) is 0. The molecule has 0 fully saturated rings. The van der Waals surface area contributed by atoms with Crippen LogP contribution in [0.15, 0.2) is 76.6 Å². The summed E-state index contributed by atoms with van der Waals surface area (Å²) in [5.74, 6) is -0.0393. The van der Waals surface area contributed by atoms with E-state index in [0.717, 1.165) is 23.1 Å². The van der Waals surface area contributed by atoms with Crippen molar-refractivity contribution in [2.75, 3.05) is 0 Å². The fraction of sp³-hybridized carbons (Fsp3) is 0.357. The monoisotopic (exact) mass is 434 g/mol. The van der Waals surface area contributed by atoms with E-state index in [-0.39, 0.29) is 17.8 Å². The van der Waals surface area contributed by atoms with E-state index in [1.54, 1.807) is 19.9 Å². The van der Waals surface area contributed by atoms with Crippen molar-refractivity contribution in [1.82, 2.24) is 4.90 Å². The maximum atomic E-state index is 13.8. The molecule has 0 aromatic heterocycles. The second-order valence-electron chi connectivity index (χ2n) is 7.85. The first-order valence-corrected chi connectivity index (χ1v) is 11.4. The van der Waals surface area contributed by atoms with Gasteiger partial charge in [0.05, 0.1) is 0 Å². The molecular formula is C28H35FN2O. The first-order valence-electron chi connectivity index (χ1n) is 11.4. The quantitative estimate of drug-likeness (QED) is 0.371. The molecule has 2 atom stereocenters. The largest absolute Gasteiger partial charge is 0.336 e. The van der Waals surface area contributed by atoms with Gasteiger partial charge in [0.25, 0.3) is 5.91 Å². The predicted octanol–water partition coefficient (Wildman–Crippen LogP) is 7.18. The fourth-order valence-electron chi connectivity index (χ4n) is 3.90. The number of halogens is 1. The summed E-state index contributed by atoms with van der Waals surface area (Å²) < 4.78 is 13.8. The Bertz CT molecular complexity index is 1020. The molecule has 0 bridgehead atoms. The maximum Gasteiger partial charge on any atom is 0.292 e. The fourth-order valence-corrected chi connectivity index (χ4v) is 3.90. The molecule has 1 heterocycles. The minimum Gasteiger partial charge on any atom is -0.336 e. The van der Waals surface area contributed by atoms with E-state index in [9.17, 15) is 9.18 Å². The number of carbonyl (C=O) groups is 1. The highest BCUT2D eigenvalue weighted by atomic mass is 19.1. The lowest BCUT2D eigenvalue weighted by atomic mass is 9.83. The summed E-state index contributed by atoms with van der Waals surface area (Å²) in [6.45, 7) is 13.6. The summed E-state index contributed by atoms with van der Waals surface area (Å²) in [6, 6.07) is 5.35. The van der Waals surface area contributed by atoms with Crippen LogP contribution in [0, 0.1) is 18.7 Å². The standard InChI is InChI=1S/C26H29FN2O.C2H6/c1-6-25(26(30)28-7-2)29-16-21(10-9-19(29)5)22-12-8-17(3)14-23(22)20-11-13-24(27)18(4)15-20;1-2/h6-13,15-17,19H,14H2,1-5H3;1-2H3/b25-6-,28-7?;. The van der Waals surface area contributed by atoms with Crippen LogP contribution >= 0.6 is 0 Å². The zero-order valence-electron chi connectivity index (χ0n) is 20.3. The number of rotatable bonds is 4. The van der Waals surface area contributed by atoms with E-state index >= 15 is 0 Å². The summed E-state index contributed by atoms with van der Waals surface area (Å²) in [5.41, 5.74) is 5.56. The molecule has 4 heteroatoms. The molecule has 0 radical (unpaired) electrons. The SMILES string of the molecule is CC.CC=NC(=O)/C(=C/C)N1C=C(C2=C(c3ccc(F)c(C)c3)CC(C)C=C2)C=CC1C. The second kappa shape index (κ2) is 11.6. The number of benzene rings is 1. The highest BCUT2D eigenvalue weighted by molar-refractivity contribution is 5.97. The van der Waals surface area contributed by atoms with Crippen molar-refractivity contribution in [1.29, 1.82) is 0 Å². The van der Waals surface area contributed by atoms with Gasteiger partial charge >= 0.3 is 0 Å². The minimum atomic E-state index is -0.256. The van der Waals surface area contributed by atoms with Gasteiger partial charge in [0.1, 0.15) is 11.5 Å². The summed E-state index contributed by atoms with van der Waals surface area (Å²) in [6.07, 6.45) is 14.8. The Labute approximate surface area is 192 Å². The van der Waals surface area contributed by atoms with Gasteiger partial charge in [0.2, 0.25) is 0 Å². The molecule has 0 saturated heterocycles. The topological polar surface area (TPSA) is 32.7 Å². The van der Waals surface area contributed by atoms with Gasteiger partial charge in [0.15, 0.2) is 0 Å². The molecule has 3 nitrogen and oxygen atoms in total.